The highest BCUT2D eigenvalue weighted by molar-refractivity contribution is 5.61. The first-order valence-corrected chi connectivity index (χ1v) is 8.87. The van der Waals surface area contributed by atoms with Crippen molar-refractivity contribution in [3.8, 4) is 16.9 Å². The molecule has 0 saturated carbocycles. The fourth-order valence-electron chi connectivity index (χ4n) is 3.22. The first-order chi connectivity index (χ1) is 13.0. The zero-order chi connectivity index (χ0) is 19.0. The maximum atomic E-state index is 14.0. The summed E-state index contributed by atoms with van der Waals surface area (Å²) in [6.45, 7) is 5.60. The van der Waals surface area contributed by atoms with Gasteiger partial charge >= 0.3 is 0 Å². The lowest BCUT2D eigenvalue weighted by Gasteiger charge is -2.32. The van der Waals surface area contributed by atoms with E-state index in [9.17, 15) is 9.18 Å². The second kappa shape index (κ2) is 6.96. The van der Waals surface area contributed by atoms with E-state index in [4.69, 9.17) is 0 Å². The summed E-state index contributed by atoms with van der Waals surface area (Å²) in [5.74, 6) is 0.228. The highest BCUT2D eigenvalue weighted by Gasteiger charge is 2.18. The van der Waals surface area contributed by atoms with Gasteiger partial charge in [0.15, 0.2) is 0 Å². The highest BCUT2D eigenvalue weighted by atomic mass is 19.1. The van der Waals surface area contributed by atoms with E-state index in [2.05, 4.69) is 31.9 Å². The largest absolute Gasteiger partial charge is 0.338 e. The number of piperazine rings is 1. The number of para-hydroxylation sites is 1. The molecule has 0 aliphatic carbocycles. The van der Waals surface area contributed by atoms with E-state index >= 15 is 0 Å². The van der Waals surface area contributed by atoms with Crippen LogP contribution in [0.2, 0.25) is 0 Å². The lowest BCUT2D eigenvalue weighted by atomic mass is 10.2. The van der Waals surface area contributed by atoms with Crippen molar-refractivity contribution in [2.75, 3.05) is 38.1 Å². The van der Waals surface area contributed by atoms with Crippen molar-refractivity contribution < 1.29 is 4.39 Å². The number of nitrogens with zero attached hydrogens (tertiary/aromatic N) is 5. The van der Waals surface area contributed by atoms with Crippen LogP contribution in [0.25, 0.3) is 16.9 Å². The van der Waals surface area contributed by atoms with Crippen molar-refractivity contribution in [3.63, 3.8) is 0 Å². The summed E-state index contributed by atoms with van der Waals surface area (Å²) in [5.41, 5.74) is 1.89. The van der Waals surface area contributed by atoms with Crippen LogP contribution < -0.4 is 10.5 Å². The van der Waals surface area contributed by atoms with Crippen LogP contribution >= 0.6 is 0 Å². The third kappa shape index (κ3) is 3.35. The predicted molar refractivity (Wildman–Crippen MR) is 102 cm³/mol. The molecule has 0 spiro atoms. The molecule has 0 amide bonds. The van der Waals surface area contributed by atoms with Crippen LogP contribution in [-0.2, 0) is 0 Å². The number of halogens is 1. The standard InChI is InChI=1S/C19H21FN6O/c1-13-14(12-21-19(22-13)25-9-7-24(2)8-10-25)16-11-18(27)26(23-16)17-6-4-3-5-15(17)20/h3-6,11-12,23H,7-10H2,1-2H3. The SMILES string of the molecule is Cc1nc(N2CCN(C)CC2)ncc1-c1cc(=O)n(-c2ccccc2F)[nH]1. The summed E-state index contributed by atoms with van der Waals surface area (Å²) in [7, 11) is 2.10. The van der Waals surface area contributed by atoms with Crippen molar-refractivity contribution in [1.82, 2.24) is 24.6 Å². The van der Waals surface area contributed by atoms with Gasteiger partial charge in [-0.05, 0) is 26.1 Å². The second-order valence-corrected chi connectivity index (χ2v) is 6.75. The van der Waals surface area contributed by atoms with Crippen molar-refractivity contribution in [3.05, 3.63) is 58.4 Å². The van der Waals surface area contributed by atoms with E-state index in [1.54, 1.807) is 24.4 Å². The second-order valence-electron chi connectivity index (χ2n) is 6.75. The molecule has 0 atom stereocenters. The van der Waals surface area contributed by atoms with Gasteiger partial charge in [0.05, 0.1) is 11.4 Å². The van der Waals surface area contributed by atoms with Crippen molar-refractivity contribution in [2.24, 2.45) is 0 Å². The summed E-state index contributed by atoms with van der Waals surface area (Å²) in [6.07, 6.45) is 1.72. The lowest BCUT2D eigenvalue weighted by molar-refractivity contribution is 0.311. The van der Waals surface area contributed by atoms with Crippen LogP contribution in [0, 0.1) is 12.7 Å². The number of hydrogen-bond donors (Lipinski definition) is 1. The number of aryl methyl sites for hydroxylation is 1. The van der Waals surface area contributed by atoms with E-state index in [1.807, 2.05) is 6.92 Å². The van der Waals surface area contributed by atoms with E-state index < -0.39 is 5.82 Å². The first-order valence-electron chi connectivity index (χ1n) is 8.87. The summed E-state index contributed by atoms with van der Waals surface area (Å²) in [6, 6.07) is 7.58. The normalized spacial score (nSPS) is 15.3. The average Bonchev–Trinajstić information content (AvgIpc) is 3.04. The number of hydrogen-bond acceptors (Lipinski definition) is 5. The molecule has 1 fully saturated rings. The summed E-state index contributed by atoms with van der Waals surface area (Å²) >= 11 is 0. The van der Waals surface area contributed by atoms with Crippen LogP contribution in [0.4, 0.5) is 10.3 Å². The molecule has 1 aromatic carbocycles. The molecule has 4 rings (SSSR count). The number of rotatable bonds is 3. The predicted octanol–water partition coefficient (Wildman–Crippen LogP) is 1.82. The maximum absolute atomic E-state index is 14.0. The van der Waals surface area contributed by atoms with Gasteiger partial charge in [-0.3, -0.25) is 9.89 Å². The fraction of sp³-hybridized carbons (Fsp3) is 0.316. The Balaban J connectivity index is 1.66. The Morgan fingerprint density at radius 1 is 1.15 bits per heavy atom. The first kappa shape index (κ1) is 17.4. The molecule has 3 aromatic rings. The molecule has 27 heavy (non-hydrogen) atoms. The number of H-pyrrole nitrogens is 1. The molecule has 1 aliphatic rings. The van der Waals surface area contributed by atoms with E-state index in [0.717, 1.165) is 37.4 Å². The highest BCUT2D eigenvalue weighted by Crippen LogP contribution is 2.22. The van der Waals surface area contributed by atoms with Crippen molar-refractivity contribution in [2.45, 2.75) is 6.92 Å². The Morgan fingerprint density at radius 3 is 2.59 bits per heavy atom. The number of likely N-dealkylation sites (N-methyl/N-ethyl adjacent to an activating group) is 1. The molecule has 1 aliphatic heterocycles. The summed E-state index contributed by atoms with van der Waals surface area (Å²) in [4.78, 5) is 25.9. The summed E-state index contributed by atoms with van der Waals surface area (Å²) in [5, 5.41) is 2.96. The molecule has 8 heteroatoms. The van der Waals surface area contributed by atoms with E-state index in [1.165, 1.54) is 16.8 Å². The lowest BCUT2D eigenvalue weighted by Crippen LogP contribution is -2.45. The van der Waals surface area contributed by atoms with Gasteiger partial charge in [-0.25, -0.2) is 19.0 Å². The Hall–Kier alpha value is -3.00. The molecule has 7 nitrogen and oxygen atoms in total. The Kier molecular flexibility index (Phi) is 4.49. The number of benzene rings is 1. The van der Waals surface area contributed by atoms with Crippen LogP contribution in [0.1, 0.15) is 5.69 Å². The fourth-order valence-corrected chi connectivity index (χ4v) is 3.22. The van der Waals surface area contributed by atoms with Crippen molar-refractivity contribution >= 4 is 5.95 Å². The molecule has 140 valence electrons. The molecule has 1 saturated heterocycles. The van der Waals surface area contributed by atoms with Gasteiger partial charge in [0, 0.05) is 44.0 Å². The van der Waals surface area contributed by atoms with Crippen LogP contribution in [0.5, 0.6) is 0 Å². The smallest absolute Gasteiger partial charge is 0.271 e. The zero-order valence-corrected chi connectivity index (χ0v) is 15.3. The Morgan fingerprint density at radius 2 is 1.89 bits per heavy atom. The van der Waals surface area contributed by atoms with Gasteiger partial charge in [-0.2, -0.15) is 0 Å². The third-order valence-corrected chi connectivity index (χ3v) is 4.86. The Bertz CT molecular complexity index is 1020. The number of anilines is 1. The molecule has 1 N–H and O–H groups in total. The number of aromatic amines is 1. The van der Waals surface area contributed by atoms with Gasteiger partial charge in [0.25, 0.3) is 5.56 Å². The quantitative estimate of drug-likeness (QED) is 0.764. The zero-order valence-electron chi connectivity index (χ0n) is 15.3. The van der Waals surface area contributed by atoms with Crippen molar-refractivity contribution in [1.29, 1.82) is 0 Å². The van der Waals surface area contributed by atoms with Gasteiger partial charge in [-0.1, -0.05) is 12.1 Å². The molecule has 3 heterocycles. The molecule has 2 aromatic heterocycles. The molecule has 0 bridgehead atoms. The monoisotopic (exact) mass is 368 g/mol. The minimum absolute atomic E-state index is 0.182. The summed E-state index contributed by atoms with van der Waals surface area (Å²) < 4.78 is 15.2. The Labute approximate surface area is 156 Å². The van der Waals surface area contributed by atoms with Crippen LogP contribution in [0.3, 0.4) is 0 Å². The van der Waals surface area contributed by atoms with Crippen LogP contribution in [0.15, 0.2) is 41.3 Å². The van der Waals surface area contributed by atoms with E-state index in [0.29, 0.717) is 11.6 Å². The number of nitrogens with one attached hydrogen (secondary N) is 1. The van der Waals surface area contributed by atoms with Gasteiger partial charge in [0.2, 0.25) is 5.95 Å². The maximum Gasteiger partial charge on any atom is 0.271 e. The molecular weight excluding hydrogens is 347 g/mol. The molecular formula is C19H21FN6O. The number of aromatic nitrogens is 4. The minimum atomic E-state index is -0.466. The van der Waals surface area contributed by atoms with Gasteiger partial charge < -0.3 is 9.80 Å². The molecule has 0 unspecified atom stereocenters. The topological polar surface area (TPSA) is 70.1 Å². The average molecular weight is 368 g/mol. The minimum Gasteiger partial charge on any atom is -0.338 e. The van der Waals surface area contributed by atoms with Crippen LogP contribution in [-0.4, -0.2) is 57.9 Å². The molecule has 0 radical (unpaired) electrons. The van der Waals surface area contributed by atoms with E-state index in [-0.39, 0.29) is 11.2 Å². The third-order valence-electron chi connectivity index (χ3n) is 4.86. The van der Waals surface area contributed by atoms with Gasteiger partial charge in [-0.15, -0.1) is 0 Å². The van der Waals surface area contributed by atoms with Gasteiger partial charge in [0.1, 0.15) is 11.5 Å².